The first-order chi connectivity index (χ1) is 16.9. The number of hydrogen-bond acceptors (Lipinski definition) is 6. The summed E-state index contributed by atoms with van der Waals surface area (Å²) in [4.78, 5) is 15.6. The van der Waals surface area contributed by atoms with E-state index in [1.807, 2.05) is 44.2 Å². The Balaban J connectivity index is 1.39. The molecule has 1 aliphatic heterocycles. The molecule has 3 aromatic rings. The van der Waals surface area contributed by atoms with Crippen LogP contribution in [0, 0.1) is 5.92 Å². The summed E-state index contributed by atoms with van der Waals surface area (Å²) in [6, 6.07) is 15.0. The molecule has 0 amide bonds. The summed E-state index contributed by atoms with van der Waals surface area (Å²) in [6.45, 7) is 5.59. The zero-order valence-corrected chi connectivity index (χ0v) is 20.1. The lowest BCUT2D eigenvalue weighted by Crippen LogP contribution is -2.36. The molecule has 0 radical (unpaired) electrons. The average Bonchev–Trinajstić information content (AvgIpc) is 2.87. The lowest BCUT2D eigenvalue weighted by Gasteiger charge is -2.27. The summed E-state index contributed by atoms with van der Waals surface area (Å²) >= 11 is 0. The number of fused-ring (bicyclic) bond motifs is 1. The van der Waals surface area contributed by atoms with Gasteiger partial charge in [-0.05, 0) is 65.8 Å². The minimum Gasteiger partial charge on any atom is -0.492 e. The van der Waals surface area contributed by atoms with Crippen molar-refractivity contribution >= 4 is 5.97 Å². The Kier molecular flexibility index (Phi) is 8.00. The third kappa shape index (κ3) is 6.38. The van der Waals surface area contributed by atoms with Crippen molar-refractivity contribution in [1.29, 1.82) is 0 Å². The highest BCUT2D eigenvalue weighted by Gasteiger charge is 2.21. The quantitative estimate of drug-likeness (QED) is 0.396. The highest BCUT2D eigenvalue weighted by Crippen LogP contribution is 2.34. The zero-order valence-electron chi connectivity index (χ0n) is 20.1. The molecule has 35 heavy (non-hydrogen) atoms. The van der Waals surface area contributed by atoms with Crippen molar-refractivity contribution in [2.24, 2.45) is 5.92 Å². The molecule has 0 bridgehead atoms. The molecule has 2 heterocycles. The Morgan fingerprint density at radius 1 is 1.20 bits per heavy atom. The van der Waals surface area contributed by atoms with Crippen LogP contribution in [0.5, 0.6) is 11.5 Å². The number of nitrogens with one attached hydrogen (secondary N) is 1. The number of nitrogens with zero attached hydrogens (tertiary/aromatic N) is 1. The topological polar surface area (TPSA) is 101 Å². The van der Waals surface area contributed by atoms with Gasteiger partial charge in [-0.1, -0.05) is 32.0 Å². The molecule has 0 saturated heterocycles. The number of carbonyl (C=O) groups is 1. The van der Waals surface area contributed by atoms with Gasteiger partial charge in [-0.3, -0.25) is 4.98 Å². The number of ether oxygens (including phenoxy) is 2. The number of rotatable bonds is 10. The number of hydrogen-bond donors (Lipinski definition) is 3. The number of pyridine rings is 1. The maximum atomic E-state index is 11.6. The van der Waals surface area contributed by atoms with E-state index in [1.165, 1.54) is 0 Å². The normalized spacial score (nSPS) is 15.8. The van der Waals surface area contributed by atoms with Gasteiger partial charge in [-0.15, -0.1) is 0 Å². The van der Waals surface area contributed by atoms with Gasteiger partial charge in [0.25, 0.3) is 0 Å². The molecule has 0 aliphatic carbocycles. The van der Waals surface area contributed by atoms with Crippen LogP contribution in [0.1, 0.15) is 47.9 Å². The number of aromatic carboxylic acids is 1. The molecule has 7 nitrogen and oxygen atoms in total. The van der Waals surface area contributed by atoms with Gasteiger partial charge in [0, 0.05) is 31.0 Å². The van der Waals surface area contributed by atoms with Crippen molar-refractivity contribution in [2.75, 3.05) is 19.7 Å². The van der Waals surface area contributed by atoms with Crippen LogP contribution in [0.15, 0.2) is 60.9 Å². The van der Waals surface area contributed by atoms with Crippen LogP contribution in [-0.2, 0) is 6.42 Å². The van der Waals surface area contributed by atoms with Crippen LogP contribution >= 0.6 is 0 Å². The lowest BCUT2D eigenvalue weighted by atomic mass is 9.96. The Morgan fingerprint density at radius 2 is 2.00 bits per heavy atom. The Morgan fingerprint density at radius 3 is 2.74 bits per heavy atom. The van der Waals surface area contributed by atoms with Crippen LogP contribution in [0.2, 0.25) is 0 Å². The van der Waals surface area contributed by atoms with Gasteiger partial charge >= 0.3 is 5.97 Å². The third-order valence-corrected chi connectivity index (χ3v) is 5.99. The summed E-state index contributed by atoms with van der Waals surface area (Å²) < 4.78 is 12.0. The molecule has 184 valence electrons. The number of carboxylic acid groups (broad SMARTS) is 1. The molecular formula is C28H32N2O5. The molecule has 0 fully saturated rings. The predicted octanol–water partition coefficient (Wildman–Crippen LogP) is 4.50. The Bertz CT molecular complexity index is 1150. The van der Waals surface area contributed by atoms with Gasteiger partial charge in [0.05, 0.1) is 12.7 Å². The van der Waals surface area contributed by atoms with E-state index in [2.05, 4.69) is 16.4 Å². The summed E-state index contributed by atoms with van der Waals surface area (Å²) in [5.74, 6) is 0.541. The average molecular weight is 477 g/mol. The second-order valence-corrected chi connectivity index (χ2v) is 9.28. The fraction of sp³-hybridized carbons (Fsp3) is 0.357. The van der Waals surface area contributed by atoms with E-state index in [1.54, 1.807) is 24.5 Å². The third-order valence-electron chi connectivity index (χ3n) is 5.99. The van der Waals surface area contributed by atoms with Gasteiger partial charge < -0.3 is 25.0 Å². The highest BCUT2D eigenvalue weighted by molar-refractivity contribution is 5.92. The first-order valence-electron chi connectivity index (χ1n) is 12.0. The Labute approximate surface area is 205 Å². The molecule has 1 aromatic heterocycles. The first kappa shape index (κ1) is 24.7. The van der Waals surface area contributed by atoms with E-state index < -0.39 is 12.1 Å². The molecule has 2 atom stereocenters. The molecular weight excluding hydrogens is 444 g/mol. The summed E-state index contributed by atoms with van der Waals surface area (Å²) in [5.41, 5.74) is 3.98. The number of carboxylic acids is 1. The molecule has 0 saturated carbocycles. The minimum absolute atomic E-state index is 0.0281. The number of aromatic nitrogens is 1. The van der Waals surface area contributed by atoms with Gasteiger partial charge in [0.15, 0.2) is 0 Å². The van der Waals surface area contributed by atoms with Crippen molar-refractivity contribution in [2.45, 2.75) is 38.9 Å². The van der Waals surface area contributed by atoms with E-state index in [9.17, 15) is 15.0 Å². The van der Waals surface area contributed by atoms with Gasteiger partial charge in [-0.25, -0.2) is 4.79 Å². The van der Waals surface area contributed by atoms with E-state index in [0.29, 0.717) is 31.4 Å². The number of aryl methyl sites for hydroxylation is 1. The number of aliphatic hydroxyl groups excluding tert-OH is 1. The lowest BCUT2D eigenvalue weighted by molar-refractivity contribution is 0.0691. The summed E-state index contributed by atoms with van der Waals surface area (Å²) in [5, 5.41) is 23.1. The molecule has 4 rings (SSSR count). The van der Waals surface area contributed by atoms with E-state index >= 15 is 0 Å². The predicted molar refractivity (Wildman–Crippen MR) is 134 cm³/mol. The molecule has 3 N–H and O–H groups in total. The van der Waals surface area contributed by atoms with Gasteiger partial charge in [0.1, 0.15) is 23.2 Å². The first-order valence-corrected chi connectivity index (χ1v) is 12.0. The maximum Gasteiger partial charge on any atom is 0.339 e. The standard InChI is InChI=1S/C28H32N2O5/c1-18(2)17-34-27-13-20(6-9-24(27)28(32)33)19-7-10-26-21(12-19)5-8-23(35-26)15-30-16-25(31)22-4-3-11-29-14-22/h3-4,6-7,9-14,18,23,25,30-31H,5,8,15-17H2,1-2H3,(H,32,33)/t23-,25-/m1/s1. The van der Waals surface area contributed by atoms with E-state index in [0.717, 1.165) is 40.8 Å². The molecule has 0 spiro atoms. The van der Waals surface area contributed by atoms with Crippen molar-refractivity contribution in [1.82, 2.24) is 10.3 Å². The fourth-order valence-corrected chi connectivity index (χ4v) is 4.09. The van der Waals surface area contributed by atoms with Crippen LogP contribution in [-0.4, -0.2) is 47.0 Å². The fourth-order valence-electron chi connectivity index (χ4n) is 4.09. The second kappa shape index (κ2) is 11.3. The van der Waals surface area contributed by atoms with Crippen molar-refractivity contribution < 1.29 is 24.5 Å². The van der Waals surface area contributed by atoms with E-state index in [4.69, 9.17) is 9.47 Å². The van der Waals surface area contributed by atoms with Crippen molar-refractivity contribution in [3.05, 3.63) is 77.6 Å². The Hall–Kier alpha value is -3.42. The van der Waals surface area contributed by atoms with Crippen molar-refractivity contribution in [3.63, 3.8) is 0 Å². The number of benzene rings is 2. The van der Waals surface area contributed by atoms with Gasteiger partial charge in [-0.2, -0.15) is 0 Å². The zero-order chi connectivity index (χ0) is 24.8. The highest BCUT2D eigenvalue weighted by atomic mass is 16.5. The monoisotopic (exact) mass is 476 g/mol. The largest absolute Gasteiger partial charge is 0.492 e. The van der Waals surface area contributed by atoms with Gasteiger partial charge in [0.2, 0.25) is 0 Å². The SMILES string of the molecule is CC(C)COc1cc(-c2ccc3c(c2)CC[C@H](CNC[C@@H](O)c2cccnc2)O3)ccc1C(=O)O. The van der Waals surface area contributed by atoms with Crippen LogP contribution in [0.3, 0.4) is 0 Å². The van der Waals surface area contributed by atoms with E-state index in [-0.39, 0.29) is 11.7 Å². The van der Waals surface area contributed by atoms with Crippen LogP contribution in [0.25, 0.3) is 11.1 Å². The summed E-state index contributed by atoms with van der Waals surface area (Å²) in [6.07, 6.45) is 4.53. The molecule has 7 heteroatoms. The molecule has 0 unspecified atom stereocenters. The summed E-state index contributed by atoms with van der Waals surface area (Å²) in [7, 11) is 0. The van der Waals surface area contributed by atoms with Crippen molar-refractivity contribution in [3.8, 4) is 22.6 Å². The minimum atomic E-state index is -0.998. The smallest absolute Gasteiger partial charge is 0.339 e. The molecule has 2 aromatic carbocycles. The number of aliphatic hydroxyl groups is 1. The van der Waals surface area contributed by atoms with Crippen LogP contribution < -0.4 is 14.8 Å². The second-order valence-electron chi connectivity index (χ2n) is 9.28. The molecule has 1 aliphatic rings. The maximum absolute atomic E-state index is 11.6. The van der Waals surface area contributed by atoms with Crippen LogP contribution in [0.4, 0.5) is 0 Å².